The third kappa shape index (κ3) is 6.99. The SMILES string of the molecule is COc1cc(CN2C(=O)N([C@@H](CC3CC3)C(=O)N[C@H](C)CC(=O)O)C(=O)C2(C)C)ccc1NC(=O)Nc1ccccc1. The predicted molar refractivity (Wildman–Crippen MR) is 155 cm³/mol. The first-order valence-electron chi connectivity index (χ1n) is 13.9. The summed E-state index contributed by atoms with van der Waals surface area (Å²) in [4.78, 5) is 66.6. The third-order valence-corrected chi connectivity index (χ3v) is 7.48. The van der Waals surface area contributed by atoms with E-state index in [4.69, 9.17) is 9.84 Å². The van der Waals surface area contributed by atoms with E-state index in [1.54, 1.807) is 63.2 Å². The molecule has 4 rings (SSSR count). The molecule has 2 aromatic rings. The Hall–Kier alpha value is -4.61. The average molecular weight is 580 g/mol. The number of carboxylic acid groups (broad SMARTS) is 1. The molecular formula is C30H37N5O7. The number of hydrogen-bond donors (Lipinski definition) is 4. The third-order valence-electron chi connectivity index (χ3n) is 7.48. The first-order chi connectivity index (χ1) is 19.9. The summed E-state index contributed by atoms with van der Waals surface area (Å²) < 4.78 is 5.49. The second-order valence-corrected chi connectivity index (χ2v) is 11.3. The lowest BCUT2D eigenvalue weighted by Crippen LogP contribution is -2.52. The Morgan fingerprint density at radius 3 is 2.38 bits per heavy atom. The van der Waals surface area contributed by atoms with Gasteiger partial charge in [0.2, 0.25) is 5.91 Å². The Labute approximate surface area is 244 Å². The molecule has 6 amide bonds. The molecule has 0 radical (unpaired) electrons. The predicted octanol–water partition coefficient (Wildman–Crippen LogP) is 4.03. The lowest BCUT2D eigenvalue weighted by molar-refractivity contribution is -0.140. The van der Waals surface area contributed by atoms with Crippen LogP contribution >= 0.6 is 0 Å². The van der Waals surface area contributed by atoms with Crippen molar-refractivity contribution in [2.24, 2.45) is 5.92 Å². The van der Waals surface area contributed by atoms with Gasteiger partial charge in [0.1, 0.15) is 17.3 Å². The van der Waals surface area contributed by atoms with E-state index in [-0.39, 0.29) is 18.9 Å². The van der Waals surface area contributed by atoms with Gasteiger partial charge in [0.25, 0.3) is 5.91 Å². The maximum absolute atomic E-state index is 13.7. The summed E-state index contributed by atoms with van der Waals surface area (Å²) in [7, 11) is 1.46. The first-order valence-corrected chi connectivity index (χ1v) is 13.9. The molecule has 0 spiro atoms. The number of benzene rings is 2. The summed E-state index contributed by atoms with van der Waals surface area (Å²) in [5.41, 5.74) is 0.442. The number of imide groups is 1. The molecule has 2 fully saturated rings. The van der Waals surface area contributed by atoms with Gasteiger partial charge in [-0.25, -0.2) is 14.5 Å². The summed E-state index contributed by atoms with van der Waals surface area (Å²) >= 11 is 0. The number of nitrogens with zero attached hydrogens (tertiary/aromatic N) is 2. The van der Waals surface area contributed by atoms with Crippen LogP contribution in [0.4, 0.5) is 21.0 Å². The Bertz CT molecular complexity index is 1360. The van der Waals surface area contributed by atoms with E-state index in [1.165, 1.54) is 12.0 Å². The number of para-hydroxylation sites is 1. The minimum absolute atomic E-state index is 0.0497. The van der Waals surface area contributed by atoms with E-state index in [0.717, 1.165) is 17.7 Å². The van der Waals surface area contributed by atoms with Gasteiger partial charge in [0.05, 0.1) is 19.2 Å². The first kappa shape index (κ1) is 30.4. The highest BCUT2D eigenvalue weighted by molar-refractivity contribution is 6.09. The molecule has 1 heterocycles. The number of nitrogens with one attached hydrogen (secondary N) is 3. The molecule has 1 aliphatic heterocycles. The van der Waals surface area contributed by atoms with E-state index >= 15 is 0 Å². The molecule has 1 aliphatic carbocycles. The summed E-state index contributed by atoms with van der Waals surface area (Å²) in [5.74, 6) is -1.52. The molecule has 12 heteroatoms. The van der Waals surface area contributed by atoms with Gasteiger partial charge in [0, 0.05) is 18.3 Å². The van der Waals surface area contributed by atoms with Crippen molar-refractivity contribution < 1.29 is 33.8 Å². The summed E-state index contributed by atoms with van der Waals surface area (Å²) in [5, 5.41) is 17.2. The Morgan fingerprint density at radius 1 is 1.07 bits per heavy atom. The molecule has 1 saturated carbocycles. The van der Waals surface area contributed by atoms with Crippen LogP contribution in [0.15, 0.2) is 48.5 Å². The summed E-state index contributed by atoms with van der Waals surface area (Å²) in [6.07, 6.45) is 1.86. The van der Waals surface area contributed by atoms with Gasteiger partial charge >= 0.3 is 18.0 Å². The number of anilines is 2. The highest BCUT2D eigenvalue weighted by Gasteiger charge is 2.55. The van der Waals surface area contributed by atoms with Crippen LogP contribution in [-0.4, -0.2) is 69.5 Å². The highest BCUT2D eigenvalue weighted by atomic mass is 16.5. The Kier molecular flexibility index (Phi) is 9.03. The molecule has 2 atom stereocenters. The van der Waals surface area contributed by atoms with Crippen LogP contribution in [0.3, 0.4) is 0 Å². The minimum atomic E-state index is -1.24. The molecule has 0 aromatic heterocycles. The van der Waals surface area contributed by atoms with Gasteiger partial charge in [-0.1, -0.05) is 37.1 Å². The minimum Gasteiger partial charge on any atom is -0.495 e. The van der Waals surface area contributed by atoms with E-state index < -0.39 is 47.5 Å². The fourth-order valence-corrected chi connectivity index (χ4v) is 4.98. The van der Waals surface area contributed by atoms with E-state index in [1.807, 2.05) is 6.07 Å². The zero-order chi connectivity index (χ0) is 30.6. The van der Waals surface area contributed by atoms with Crippen molar-refractivity contribution in [2.45, 2.75) is 70.6 Å². The van der Waals surface area contributed by atoms with Crippen molar-refractivity contribution in [3.05, 3.63) is 54.1 Å². The number of ether oxygens (including phenoxy) is 1. The van der Waals surface area contributed by atoms with Crippen LogP contribution in [0.2, 0.25) is 0 Å². The molecule has 224 valence electrons. The topological polar surface area (TPSA) is 157 Å². The highest BCUT2D eigenvalue weighted by Crippen LogP contribution is 2.38. The number of rotatable bonds is 12. The summed E-state index contributed by atoms with van der Waals surface area (Å²) in [6.45, 7) is 4.89. The average Bonchev–Trinajstić information content (AvgIpc) is 3.73. The molecule has 1 saturated heterocycles. The smallest absolute Gasteiger partial charge is 0.328 e. The second-order valence-electron chi connectivity index (χ2n) is 11.3. The molecule has 12 nitrogen and oxygen atoms in total. The molecule has 4 N–H and O–H groups in total. The fourth-order valence-electron chi connectivity index (χ4n) is 4.98. The zero-order valence-electron chi connectivity index (χ0n) is 24.2. The lowest BCUT2D eigenvalue weighted by Gasteiger charge is -2.28. The van der Waals surface area contributed by atoms with Gasteiger partial charge < -0.3 is 30.7 Å². The van der Waals surface area contributed by atoms with Crippen molar-refractivity contribution >= 4 is 41.2 Å². The maximum Gasteiger partial charge on any atom is 0.328 e. The van der Waals surface area contributed by atoms with Crippen LogP contribution < -0.4 is 20.7 Å². The van der Waals surface area contributed by atoms with Gasteiger partial charge in [-0.15, -0.1) is 0 Å². The summed E-state index contributed by atoms with van der Waals surface area (Å²) in [6, 6.07) is 11.3. The van der Waals surface area contributed by atoms with Crippen LogP contribution in [-0.2, 0) is 20.9 Å². The second kappa shape index (κ2) is 12.5. The van der Waals surface area contributed by atoms with Gasteiger partial charge in [0.15, 0.2) is 0 Å². The number of carbonyl (C=O) groups excluding carboxylic acids is 4. The van der Waals surface area contributed by atoms with Crippen molar-refractivity contribution in [1.82, 2.24) is 15.1 Å². The van der Waals surface area contributed by atoms with Gasteiger partial charge in [-0.3, -0.25) is 14.4 Å². The fraction of sp³-hybridized carbons (Fsp3) is 0.433. The normalized spacial score (nSPS) is 17.4. The van der Waals surface area contributed by atoms with Crippen molar-refractivity contribution in [2.75, 3.05) is 17.7 Å². The Balaban J connectivity index is 1.51. The molecular weight excluding hydrogens is 542 g/mol. The number of aliphatic carboxylic acids is 1. The maximum atomic E-state index is 13.7. The van der Waals surface area contributed by atoms with Gasteiger partial charge in [-0.2, -0.15) is 0 Å². The van der Waals surface area contributed by atoms with Gasteiger partial charge in [-0.05, 0) is 62.9 Å². The molecule has 2 aliphatic rings. The number of carboxylic acids is 1. The largest absolute Gasteiger partial charge is 0.495 e. The molecule has 0 bridgehead atoms. The standard InChI is InChI=1S/C30H37N5O7/c1-18(14-25(36)37)31-26(38)23(15-19-10-11-19)35-27(39)30(2,3)34(29(35)41)17-20-12-13-22(24(16-20)42-4)33-28(40)32-21-8-6-5-7-9-21/h5-9,12-13,16,18-19,23H,10-11,14-15,17H2,1-4H3,(H,31,38)(H,36,37)(H2,32,33,40)/t18-,23+/m1/s1. The van der Waals surface area contributed by atoms with Crippen LogP contribution in [0.1, 0.15) is 52.0 Å². The lowest BCUT2D eigenvalue weighted by atomic mass is 10.0. The van der Waals surface area contributed by atoms with Crippen molar-refractivity contribution in [3.63, 3.8) is 0 Å². The quantitative estimate of drug-likeness (QED) is 0.277. The number of hydrogen-bond acceptors (Lipinski definition) is 6. The van der Waals surface area contributed by atoms with E-state index in [9.17, 15) is 24.0 Å². The van der Waals surface area contributed by atoms with Crippen LogP contribution in [0.25, 0.3) is 0 Å². The van der Waals surface area contributed by atoms with Crippen molar-refractivity contribution in [1.29, 1.82) is 0 Å². The number of carbonyl (C=O) groups is 5. The molecule has 2 aromatic carbocycles. The number of methoxy groups -OCH3 is 1. The molecule has 42 heavy (non-hydrogen) atoms. The molecule has 0 unspecified atom stereocenters. The number of urea groups is 2. The van der Waals surface area contributed by atoms with E-state index in [0.29, 0.717) is 29.1 Å². The van der Waals surface area contributed by atoms with E-state index in [2.05, 4.69) is 16.0 Å². The van der Waals surface area contributed by atoms with Crippen molar-refractivity contribution in [3.8, 4) is 5.75 Å². The zero-order valence-corrected chi connectivity index (χ0v) is 24.2. The van der Waals surface area contributed by atoms with Crippen LogP contribution in [0.5, 0.6) is 5.75 Å². The Morgan fingerprint density at radius 2 is 1.76 bits per heavy atom. The monoisotopic (exact) mass is 579 g/mol. The van der Waals surface area contributed by atoms with Crippen LogP contribution in [0, 0.1) is 5.92 Å². The number of amides is 6.